The average Bonchev–Trinajstić information content (AvgIpc) is 3.14. The Balaban J connectivity index is 2.02. The van der Waals surface area contributed by atoms with Crippen molar-refractivity contribution in [3.8, 4) is 17.2 Å². The smallest absolute Gasteiger partial charge is 0.333 e. The molecule has 0 radical (unpaired) electrons. The number of aromatic nitrogens is 3. The number of ether oxygens (including phenoxy) is 2. The van der Waals surface area contributed by atoms with Gasteiger partial charge in [-0.3, -0.25) is 0 Å². The van der Waals surface area contributed by atoms with Gasteiger partial charge in [-0.25, -0.2) is 4.79 Å². The number of phenolic OH excluding ortho intramolecular Hbond substituents is 1. The molecule has 0 bridgehead atoms. The fraction of sp³-hybridized carbons (Fsp3) is 0.423. The minimum atomic E-state index is -0.456. The van der Waals surface area contributed by atoms with E-state index in [1.807, 2.05) is 39.0 Å². The molecule has 3 aromatic rings. The van der Waals surface area contributed by atoms with Gasteiger partial charge in [0.15, 0.2) is 0 Å². The molecule has 7 nitrogen and oxygen atoms in total. The van der Waals surface area contributed by atoms with Crippen LogP contribution in [0.1, 0.15) is 59.6 Å². The van der Waals surface area contributed by atoms with E-state index in [0.717, 1.165) is 16.6 Å². The van der Waals surface area contributed by atoms with Crippen LogP contribution in [0.3, 0.4) is 0 Å². The van der Waals surface area contributed by atoms with E-state index in [1.165, 1.54) is 4.80 Å². The number of hydrogen-bond donors (Lipinski definition) is 1. The van der Waals surface area contributed by atoms with Crippen LogP contribution in [-0.2, 0) is 20.4 Å². The molecule has 2 aromatic carbocycles. The highest BCUT2D eigenvalue weighted by atomic mass is 16.6. The predicted molar refractivity (Wildman–Crippen MR) is 129 cm³/mol. The molecule has 0 saturated carbocycles. The molecule has 0 amide bonds. The third-order valence-corrected chi connectivity index (χ3v) is 5.24. The summed E-state index contributed by atoms with van der Waals surface area (Å²) < 4.78 is 11.0. The third-order valence-electron chi connectivity index (χ3n) is 5.24. The van der Waals surface area contributed by atoms with Crippen LogP contribution in [-0.4, -0.2) is 39.3 Å². The molecule has 33 heavy (non-hydrogen) atoms. The summed E-state index contributed by atoms with van der Waals surface area (Å²) in [4.78, 5) is 13.0. The van der Waals surface area contributed by atoms with E-state index >= 15 is 0 Å². The average molecular weight is 452 g/mol. The number of hydrogen-bond acceptors (Lipinski definition) is 6. The first-order valence-corrected chi connectivity index (χ1v) is 11.0. The minimum absolute atomic E-state index is 0.0889. The van der Waals surface area contributed by atoms with Crippen molar-refractivity contribution in [2.75, 3.05) is 13.2 Å². The number of benzene rings is 2. The second kappa shape index (κ2) is 8.89. The Kier molecular flexibility index (Phi) is 6.54. The largest absolute Gasteiger partial charge is 0.505 e. The van der Waals surface area contributed by atoms with Crippen LogP contribution in [0.4, 0.5) is 0 Å². The first kappa shape index (κ1) is 24.3. The van der Waals surface area contributed by atoms with Crippen molar-refractivity contribution in [2.24, 2.45) is 0 Å². The van der Waals surface area contributed by atoms with Crippen molar-refractivity contribution >= 4 is 17.0 Å². The fourth-order valence-electron chi connectivity index (χ4n) is 3.47. The lowest BCUT2D eigenvalue weighted by atomic mass is 9.86. The lowest BCUT2D eigenvalue weighted by molar-refractivity contribution is -0.139. The maximum absolute atomic E-state index is 11.6. The molecule has 0 saturated heterocycles. The summed E-state index contributed by atoms with van der Waals surface area (Å²) in [6.45, 7) is 17.8. The molecular formula is C26H33N3O4. The van der Waals surface area contributed by atoms with Gasteiger partial charge >= 0.3 is 5.97 Å². The van der Waals surface area contributed by atoms with Gasteiger partial charge in [-0.1, -0.05) is 60.3 Å². The summed E-state index contributed by atoms with van der Waals surface area (Å²) in [5.74, 6) is 0.167. The number of carbonyl (C=O) groups excluding carboxylic acids is 1. The molecule has 3 rings (SSSR count). The quantitative estimate of drug-likeness (QED) is 0.314. The van der Waals surface area contributed by atoms with Crippen molar-refractivity contribution in [1.82, 2.24) is 15.0 Å². The van der Waals surface area contributed by atoms with Gasteiger partial charge in [-0.05, 0) is 35.4 Å². The summed E-state index contributed by atoms with van der Waals surface area (Å²) in [5.41, 5.74) is 3.62. The first-order chi connectivity index (χ1) is 15.3. The van der Waals surface area contributed by atoms with E-state index < -0.39 is 5.97 Å². The summed E-state index contributed by atoms with van der Waals surface area (Å²) in [6.07, 6.45) is 0. The Morgan fingerprint density at radius 1 is 1.03 bits per heavy atom. The lowest BCUT2D eigenvalue weighted by Gasteiger charge is -2.23. The van der Waals surface area contributed by atoms with E-state index in [9.17, 15) is 9.90 Å². The Labute approximate surface area is 195 Å². The van der Waals surface area contributed by atoms with Crippen LogP contribution in [0.2, 0.25) is 0 Å². The highest BCUT2D eigenvalue weighted by Gasteiger charge is 2.25. The normalized spacial score (nSPS) is 12.1. The Hall–Kier alpha value is -3.35. The van der Waals surface area contributed by atoms with Crippen molar-refractivity contribution < 1.29 is 19.4 Å². The topological polar surface area (TPSA) is 86.5 Å². The van der Waals surface area contributed by atoms with Gasteiger partial charge in [-0.2, -0.15) is 0 Å². The molecule has 0 unspecified atom stereocenters. The van der Waals surface area contributed by atoms with Crippen LogP contribution < -0.4 is 4.74 Å². The second-order valence-electron chi connectivity index (χ2n) is 10.3. The summed E-state index contributed by atoms with van der Waals surface area (Å²) in [6, 6.07) is 9.41. The van der Waals surface area contributed by atoms with Crippen LogP contribution in [0.25, 0.3) is 16.7 Å². The number of fused-ring (bicyclic) bond motifs is 1. The summed E-state index contributed by atoms with van der Waals surface area (Å²) in [5, 5.41) is 20.5. The van der Waals surface area contributed by atoms with E-state index in [-0.39, 0.29) is 29.8 Å². The summed E-state index contributed by atoms with van der Waals surface area (Å²) >= 11 is 0. The molecule has 0 aliphatic carbocycles. The maximum atomic E-state index is 11.6. The molecule has 0 aliphatic heterocycles. The van der Waals surface area contributed by atoms with Gasteiger partial charge < -0.3 is 14.6 Å². The molecule has 176 valence electrons. The zero-order chi connectivity index (χ0) is 24.6. The monoisotopic (exact) mass is 451 g/mol. The third kappa shape index (κ3) is 5.35. The second-order valence-corrected chi connectivity index (χ2v) is 10.3. The molecule has 0 aliphatic rings. The number of rotatable bonds is 6. The minimum Gasteiger partial charge on any atom is -0.505 e. The lowest BCUT2D eigenvalue weighted by Crippen LogP contribution is -2.15. The van der Waals surface area contributed by atoms with Crippen molar-refractivity contribution in [2.45, 2.75) is 59.3 Å². The van der Waals surface area contributed by atoms with E-state index in [0.29, 0.717) is 22.6 Å². The Morgan fingerprint density at radius 2 is 1.70 bits per heavy atom. The van der Waals surface area contributed by atoms with Gasteiger partial charge in [0.1, 0.15) is 41.4 Å². The van der Waals surface area contributed by atoms with Crippen LogP contribution in [0.5, 0.6) is 11.5 Å². The molecule has 1 heterocycles. The fourth-order valence-corrected chi connectivity index (χ4v) is 3.47. The van der Waals surface area contributed by atoms with Gasteiger partial charge in [0, 0.05) is 17.2 Å². The molecule has 0 spiro atoms. The molecular weight excluding hydrogens is 418 g/mol. The number of esters is 1. The number of carbonyl (C=O) groups is 1. The number of phenols is 1. The molecule has 0 fully saturated rings. The highest BCUT2D eigenvalue weighted by molar-refractivity contribution is 5.86. The molecule has 1 N–H and O–H groups in total. The highest BCUT2D eigenvalue weighted by Crippen LogP contribution is 2.39. The van der Waals surface area contributed by atoms with Gasteiger partial charge in [0.25, 0.3) is 0 Å². The van der Waals surface area contributed by atoms with Crippen molar-refractivity contribution in [1.29, 1.82) is 0 Å². The van der Waals surface area contributed by atoms with Crippen molar-refractivity contribution in [3.05, 3.63) is 53.6 Å². The van der Waals surface area contributed by atoms with Crippen LogP contribution >= 0.6 is 0 Å². The van der Waals surface area contributed by atoms with E-state index in [1.54, 1.807) is 19.1 Å². The zero-order valence-electron chi connectivity index (χ0n) is 20.5. The molecule has 7 heteroatoms. The Morgan fingerprint density at radius 3 is 2.30 bits per heavy atom. The Bertz CT molecular complexity index is 1200. The van der Waals surface area contributed by atoms with E-state index in [4.69, 9.17) is 14.6 Å². The number of aromatic hydroxyl groups is 1. The standard InChI is InChI=1S/C26H33N3O4/c1-16(2)24(31)33-13-12-32-17-14-19(26(6,7)8)23(30)21(15-17)29-27-20-11-9-10-18(22(20)28-29)25(3,4)5/h9-11,14-15,30H,1,12-13H2,2-8H3. The van der Waals surface area contributed by atoms with Gasteiger partial charge in [0.2, 0.25) is 0 Å². The SMILES string of the molecule is C=C(C)C(=O)OCCOc1cc(-n2nc3cccc(C(C)(C)C)c3n2)c(O)c(C(C)(C)C)c1. The van der Waals surface area contributed by atoms with Gasteiger partial charge in [0.05, 0.1) is 0 Å². The summed E-state index contributed by atoms with van der Waals surface area (Å²) in [7, 11) is 0. The van der Waals surface area contributed by atoms with Gasteiger partial charge in [-0.15, -0.1) is 15.0 Å². The first-order valence-electron chi connectivity index (χ1n) is 11.0. The van der Waals surface area contributed by atoms with Crippen molar-refractivity contribution in [3.63, 3.8) is 0 Å². The van der Waals surface area contributed by atoms with Crippen LogP contribution in [0, 0.1) is 0 Å². The molecule has 1 aromatic heterocycles. The number of nitrogens with zero attached hydrogens (tertiary/aromatic N) is 3. The zero-order valence-corrected chi connectivity index (χ0v) is 20.5. The van der Waals surface area contributed by atoms with Crippen LogP contribution in [0.15, 0.2) is 42.5 Å². The maximum Gasteiger partial charge on any atom is 0.333 e. The molecule has 0 atom stereocenters. The van der Waals surface area contributed by atoms with E-state index in [2.05, 4.69) is 32.4 Å². The predicted octanol–water partition coefficient (Wildman–Crippen LogP) is 5.22.